The van der Waals surface area contributed by atoms with E-state index >= 15 is 0 Å². The Balaban J connectivity index is 1.95. The van der Waals surface area contributed by atoms with Gasteiger partial charge in [-0.25, -0.2) is 0 Å². The summed E-state index contributed by atoms with van der Waals surface area (Å²) in [5.41, 5.74) is 0.560. The molecule has 0 spiro atoms. The van der Waals surface area contributed by atoms with Crippen molar-refractivity contribution in [2.24, 2.45) is 17.3 Å². The second-order valence-electron chi connectivity index (χ2n) is 8.70. The predicted octanol–water partition coefficient (Wildman–Crippen LogP) is 4.30. The van der Waals surface area contributed by atoms with Crippen molar-refractivity contribution in [2.45, 2.75) is 78.7 Å². The molecule has 0 unspecified atom stereocenters. The van der Waals surface area contributed by atoms with Gasteiger partial charge in [0, 0.05) is 32.2 Å². The molecule has 2 aliphatic carbocycles. The molecule has 2 fully saturated rings. The summed E-state index contributed by atoms with van der Waals surface area (Å²) >= 11 is 0. The van der Waals surface area contributed by atoms with Gasteiger partial charge in [0.2, 0.25) is 0 Å². The van der Waals surface area contributed by atoms with Gasteiger partial charge in [-0.2, -0.15) is 0 Å². The summed E-state index contributed by atoms with van der Waals surface area (Å²) in [5.74, 6) is 1.56. The SMILES string of the molecule is CC(C)CN(CC(C)C)CC1(CNC2CC2)CCCCC1. The van der Waals surface area contributed by atoms with Gasteiger partial charge in [0.1, 0.15) is 0 Å². The highest BCUT2D eigenvalue weighted by atomic mass is 15.1. The highest BCUT2D eigenvalue weighted by molar-refractivity contribution is 4.91. The number of rotatable bonds is 9. The standard InChI is InChI=1S/C19H38N2/c1-16(2)12-21(13-17(3)4)15-19(10-6-5-7-11-19)14-20-18-8-9-18/h16-18,20H,5-15H2,1-4H3. The van der Waals surface area contributed by atoms with E-state index in [-0.39, 0.29) is 0 Å². The van der Waals surface area contributed by atoms with Gasteiger partial charge in [0.05, 0.1) is 0 Å². The average Bonchev–Trinajstić information content (AvgIpc) is 3.20. The number of hydrogen-bond acceptors (Lipinski definition) is 2. The van der Waals surface area contributed by atoms with Crippen molar-refractivity contribution < 1.29 is 0 Å². The smallest absolute Gasteiger partial charge is 0.00684 e. The van der Waals surface area contributed by atoms with E-state index in [9.17, 15) is 0 Å². The van der Waals surface area contributed by atoms with Gasteiger partial charge in [-0.3, -0.25) is 0 Å². The molecule has 0 amide bonds. The summed E-state index contributed by atoms with van der Waals surface area (Å²) in [5, 5.41) is 3.85. The third kappa shape index (κ3) is 6.28. The van der Waals surface area contributed by atoms with E-state index in [0.29, 0.717) is 5.41 Å². The third-order valence-electron chi connectivity index (χ3n) is 5.06. The summed E-state index contributed by atoms with van der Waals surface area (Å²) in [6, 6.07) is 0.854. The summed E-state index contributed by atoms with van der Waals surface area (Å²) < 4.78 is 0. The van der Waals surface area contributed by atoms with Crippen LogP contribution in [0.1, 0.15) is 72.6 Å². The first-order valence-electron chi connectivity index (χ1n) is 9.45. The number of nitrogens with one attached hydrogen (secondary N) is 1. The third-order valence-corrected chi connectivity index (χ3v) is 5.06. The monoisotopic (exact) mass is 294 g/mol. The first kappa shape index (κ1) is 17.3. The fourth-order valence-corrected chi connectivity index (χ4v) is 4.05. The van der Waals surface area contributed by atoms with Crippen LogP contribution in [0.25, 0.3) is 0 Å². The van der Waals surface area contributed by atoms with Crippen LogP contribution in [0.15, 0.2) is 0 Å². The van der Waals surface area contributed by atoms with E-state index in [1.165, 1.54) is 71.1 Å². The van der Waals surface area contributed by atoms with E-state index in [1.54, 1.807) is 0 Å². The molecule has 0 atom stereocenters. The van der Waals surface area contributed by atoms with E-state index in [0.717, 1.165) is 17.9 Å². The molecule has 21 heavy (non-hydrogen) atoms. The number of nitrogens with zero attached hydrogens (tertiary/aromatic N) is 1. The Hall–Kier alpha value is -0.0800. The zero-order valence-electron chi connectivity index (χ0n) is 15.0. The molecule has 0 aliphatic heterocycles. The Kier molecular flexibility index (Phi) is 6.55. The van der Waals surface area contributed by atoms with Crippen LogP contribution in [0.3, 0.4) is 0 Å². The molecule has 2 nitrogen and oxygen atoms in total. The largest absolute Gasteiger partial charge is 0.313 e. The van der Waals surface area contributed by atoms with Crippen molar-refractivity contribution in [3.05, 3.63) is 0 Å². The van der Waals surface area contributed by atoms with E-state index < -0.39 is 0 Å². The Morgan fingerprint density at radius 2 is 1.52 bits per heavy atom. The van der Waals surface area contributed by atoms with Gasteiger partial charge in [-0.15, -0.1) is 0 Å². The molecule has 0 bridgehead atoms. The molecule has 124 valence electrons. The highest BCUT2D eigenvalue weighted by Gasteiger charge is 2.35. The quantitative estimate of drug-likeness (QED) is 0.682. The van der Waals surface area contributed by atoms with Gasteiger partial charge in [-0.1, -0.05) is 47.0 Å². The van der Waals surface area contributed by atoms with Crippen molar-refractivity contribution in [1.29, 1.82) is 0 Å². The molecule has 2 rings (SSSR count). The van der Waals surface area contributed by atoms with Gasteiger partial charge in [-0.05, 0) is 42.9 Å². The Morgan fingerprint density at radius 1 is 0.952 bits per heavy atom. The second kappa shape index (κ2) is 7.97. The fraction of sp³-hybridized carbons (Fsp3) is 1.00. The topological polar surface area (TPSA) is 15.3 Å². The van der Waals surface area contributed by atoms with E-state index in [1.807, 2.05) is 0 Å². The van der Waals surface area contributed by atoms with Crippen LogP contribution in [0.2, 0.25) is 0 Å². The minimum Gasteiger partial charge on any atom is -0.313 e. The lowest BCUT2D eigenvalue weighted by molar-refractivity contribution is 0.0866. The molecular weight excluding hydrogens is 256 g/mol. The number of hydrogen-bond donors (Lipinski definition) is 1. The van der Waals surface area contributed by atoms with Crippen LogP contribution in [0, 0.1) is 17.3 Å². The Bertz CT molecular complexity index is 278. The van der Waals surface area contributed by atoms with Gasteiger partial charge >= 0.3 is 0 Å². The molecule has 0 aromatic rings. The molecule has 0 saturated heterocycles. The van der Waals surface area contributed by atoms with Crippen LogP contribution >= 0.6 is 0 Å². The maximum Gasteiger partial charge on any atom is 0.00684 e. The minimum absolute atomic E-state index is 0.560. The molecule has 0 aromatic carbocycles. The van der Waals surface area contributed by atoms with Gasteiger partial charge < -0.3 is 10.2 Å². The van der Waals surface area contributed by atoms with Gasteiger partial charge in [0.25, 0.3) is 0 Å². The zero-order chi connectivity index (χ0) is 15.3. The molecule has 1 N–H and O–H groups in total. The first-order valence-corrected chi connectivity index (χ1v) is 9.45. The van der Waals surface area contributed by atoms with Crippen molar-refractivity contribution in [3.8, 4) is 0 Å². The molecule has 0 radical (unpaired) electrons. The van der Waals surface area contributed by atoms with Crippen LogP contribution in [-0.4, -0.2) is 37.1 Å². The van der Waals surface area contributed by atoms with Crippen molar-refractivity contribution in [3.63, 3.8) is 0 Å². The van der Waals surface area contributed by atoms with Crippen LogP contribution in [0.5, 0.6) is 0 Å². The lowest BCUT2D eigenvalue weighted by Crippen LogP contribution is -2.47. The van der Waals surface area contributed by atoms with Gasteiger partial charge in [0.15, 0.2) is 0 Å². The van der Waals surface area contributed by atoms with Crippen molar-refractivity contribution >= 4 is 0 Å². The minimum atomic E-state index is 0.560. The maximum absolute atomic E-state index is 3.85. The van der Waals surface area contributed by atoms with E-state index in [2.05, 4.69) is 37.9 Å². The lowest BCUT2D eigenvalue weighted by atomic mass is 9.73. The van der Waals surface area contributed by atoms with Crippen molar-refractivity contribution in [1.82, 2.24) is 10.2 Å². The van der Waals surface area contributed by atoms with E-state index in [4.69, 9.17) is 0 Å². The molecule has 2 saturated carbocycles. The summed E-state index contributed by atoms with van der Waals surface area (Å²) in [7, 11) is 0. The lowest BCUT2D eigenvalue weighted by Gasteiger charge is -2.42. The van der Waals surface area contributed by atoms with Crippen molar-refractivity contribution in [2.75, 3.05) is 26.2 Å². The summed E-state index contributed by atoms with van der Waals surface area (Å²) in [6.45, 7) is 14.6. The zero-order valence-corrected chi connectivity index (χ0v) is 15.0. The molecule has 2 heteroatoms. The molecule has 0 heterocycles. The Labute approximate surface area is 133 Å². The fourth-order valence-electron chi connectivity index (χ4n) is 4.05. The Morgan fingerprint density at radius 3 is 2.00 bits per heavy atom. The van der Waals surface area contributed by atoms with Crippen LogP contribution < -0.4 is 5.32 Å². The second-order valence-corrected chi connectivity index (χ2v) is 8.70. The summed E-state index contributed by atoms with van der Waals surface area (Å²) in [6.07, 6.45) is 10.1. The first-order chi connectivity index (χ1) is 9.99. The van der Waals surface area contributed by atoms with Crippen LogP contribution in [0.4, 0.5) is 0 Å². The average molecular weight is 295 g/mol. The molecule has 2 aliphatic rings. The molecular formula is C19H38N2. The maximum atomic E-state index is 3.85. The molecule has 0 aromatic heterocycles. The highest BCUT2D eigenvalue weighted by Crippen LogP contribution is 2.37. The predicted molar refractivity (Wildman–Crippen MR) is 92.7 cm³/mol. The normalized spacial score (nSPS) is 22.4. The van der Waals surface area contributed by atoms with Crippen LogP contribution in [-0.2, 0) is 0 Å². The summed E-state index contributed by atoms with van der Waals surface area (Å²) in [4.78, 5) is 2.77.